The summed E-state index contributed by atoms with van der Waals surface area (Å²) in [5, 5.41) is 33.4. The number of aromatic nitrogens is 4. The maximum absolute atomic E-state index is 10.4. The summed E-state index contributed by atoms with van der Waals surface area (Å²) in [4.78, 5) is 13.2. The van der Waals surface area contributed by atoms with Crippen molar-refractivity contribution >= 4 is 17.0 Å². The van der Waals surface area contributed by atoms with Crippen LogP contribution in [0.5, 0.6) is 0 Å². The molecule has 166 valence electrons. The van der Waals surface area contributed by atoms with Gasteiger partial charge in [-0.3, -0.25) is 4.57 Å². The van der Waals surface area contributed by atoms with Gasteiger partial charge in [-0.2, -0.15) is 0 Å². The van der Waals surface area contributed by atoms with Gasteiger partial charge < -0.3 is 25.4 Å². The molecule has 0 saturated carbocycles. The van der Waals surface area contributed by atoms with Crippen molar-refractivity contribution < 1.29 is 20.1 Å². The first-order chi connectivity index (χ1) is 14.7. The molecule has 0 bridgehead atoms. The van der Waals surface area contributed by atoms with Crippen LogP contribution >= 0.6 is 0 Å². The minimum absolute atomic E-state index is 0.239. The number of hydrogen-bond donors (Lipinski definition) is 4. The third kappa shape index (κ3) is 3.57. The van der Waals surface area contributed by atoms with Gasteiger partial charge in [0.05, 0.1) is 12.9 Å². The molecule has 9 nitrogen and oxygen atoms in total. The lowest BCUT2D eigenvalue weighted by Crippen LogP contribution is -2.49. The van der Waals surface area contributed by atoms with E-state index in [0.29, 0.717) is 17.0 Å². The van der Waals surface area contributed by atoms with Crippen LogP contribution in [0.25, 0.3) is 11.2 Å². The summed E-state index contributed by atoms with van der Waals surface area (Å²) >= 11 is 0. The van der Waals surface area contributed by atoms with Gasteiger partial charge in [0.15, 0.2) is 23.2 Å². The summed E-state index contributed by atoms with van der Waals surface area (Å²) in [5.41, 5.74) is 1.53. The standard InChI is InChI=1S/C22H29N5O4/c1-21(2,13-8-6-5-7-9-13)22(3,4)26-18-15-19(24-11-23-18)27(12-25-15)20-17(30)16(29)14(10-28)31-20/h5-9,11-12,14,16-17,20,28-30H,10H2,1-4H3,(H,23,24,26). The molecular weight excluding hydrogens is 398 g/mol. The maximum atomic E-state index is 10.4. The molecule has 1 aliphatic heterocycles. The number of benzene rings is 1. The molecule has 0 radical (unpaired) electrons. The number of anilines is 1. The molecule has 4 unspecified atom stereocenters. The molecule has 2 aromatic heterocycles. The minimum Gasteiger partial charge on any atom is -0.394 e. The molecule has 9 heteroatoms. The highest BCUT2D eigenvalue weighted by Crippen LogP contribution is 2.38. The first-order valence-electron chi connectivity index (χ1n) is 10.3. The van der Waals surface area contributed by atoms with Crippen LogP contribution in [0.1, 0.15) is 39.5 Å². The van der Waals surface area contributed by atoms with Crippen LogP contribution in [0.3, 0.4) is 0 Å². The van der Waals surface area contributed by atoms with Crippen LogP contribution in [0.15, 0.2) is 43.0 Å². The zero-order valence-corrected chi connectivity index (χ0v) is 18.1. The number of aliphatic hydroxyl groups is 3. The minimum atomic E-state index is -1.21. The first-order valence-corrected chi connectivity index (χ1v) is 10.3. The lowest BCUT2D eigenvalue weighted by atomic mass is 9.69. The van der Waals surface area contributed by atoms with Crippen molar-refractivity contribution in [2.24, 2.45) is 0 Å². The molecule has 1 saturated heterocycles. The third-order valence-corrected chi connectivity index (χ3v) is 6.64. The average molecular weight is 428 g/mol. The molecule has 0 aliphatic carbocycles. The number of aliphatic hydroxyl groups excluding tert-OH is 3. The van der Waals surface area contributed by atoms with E-state index in [0.717, 1.165) is 0 Å². The van der Waals surface area contributed by atoms with Crippen LogP contribution in [-0.4, -0.2) is 65.3 Å². The summed E-state index contributed by atoms with van der Waals surface area (Å²) in [6.45, 7) is 8.16. The second-order valence-corrected chi connectivity index (χ2v) is 9.02. The lowest BCUT2D eigenvalue weighted by Gasteiger charge is -2.43. The molecule has 4 atom stereocenters. The molecule has 4 N–H and O–H groups in total. The normalized spacial score (nSPS) is 24.6. The molecule has 4 rings (SSSR count). The summed E-state index contributed by atoms with van der Waals surface area (Å²) in [6.07, 6.45) is -1.27. The first kappa shape index (κ1) is 21.6. The van der Waals surface area contributed by atoms with Gasteiger partial charge in [0.25, 0.3) is 0 Å². The number of fused-ring (bicyclic) bond motifs is 1. The number of rotatable bonds is 6. The number of nitrogens with one attached hydrogen (secondary N) is 1. The number of nitrogens with zero attached hydrogens (tertiary/aromatic N) is 4. The van der Waals surface area contributed by atoms with Gasteiger partial charge in [-0.1, -0.05) is 44.2 Å². The van der Waals surface area contributed by atoms with Crippen molar-refractivity contribution in [3.8, 4) is 0 Å². The summed E-state index contributed by atoms with van der Waals surface area (Å²) in [6, 6.07) is 10.3. The zero-order chi connectivity index (χ0) is 22.4. The van der Waals surface area contributed by atoms with E-state index in [1.54, 1.807) is 4.57 Å². The Morgan fingerprint density at radius 3 is 2.39 bits per heavy atom. The fraction of sp³-hybridized carbons (Fsp3) is 0.500. The highest BCUT2D eigenvalue weighted by Gasteiger charge is 2.44. The quantitative estimate of drug-likeness (QED) is 0.468. The van der Waals surface area contributed by atoms with Gasteiger partial charge in [-0.15, -0.1) is 0 Å². The van der Waals surface area contributed by atoms with Crippen molar-refractivity contribution in [1.82, 2.24) is 19.5 Å². The highest BCUT2D eigenvalue weighted by atomic mass is 16.6. The molecule has 31 heavy (non-hydrogen) atoms. The Labute approximate surface area is 180 Å². The lowest BCUT2D eigenvalue weighted by molar-refractivity contribution is -0.0511. The second kappa shape index (κ2) is 7.83. The van der Waals surface area contributed by atoms with Gasteiger partial charge in [-0.05, 0) is 19.4 Å². The number of imidazole rings is 1. The van der Waals surface area contributed by atoms with Crippen molar-refractivity contribution in [1.29, 1.82) is 0 Å². The Balaban J connectivity index is 1.67. The molecule has 1 fully saturated rings. The van der Waals surface area contributed by atoms with E-state index in [1.165, 1.54) is 18.2 Å². The van der Waals surface area contributed by atoms with E-state index in [-0.39, 0.29) is 5.41 Å². The molecule has 0 spiro atoms. The monoisotopic (exact) mass is 427 g/mol. The van der Waals surface area contributed by atoms with Crippen molar-refractivity contribution in [3.63, 3.8) is 0 Å². The van der Waals surface area contributed by atoms with Gasteiger partial charge in [0, 0.05) is 11.0 Å². The Bertz CT molecular complexity index is 1050. The van der Waals surface area contributed by atoms with Gasteiger partial charge in [0.2, 0.25) is 0 Å². The SMILES string of the molecule is CC(C)(Nc1ncnc2c1ncn2C1OC(CO)C(O)C1O)C(C)(C)c1ccccc1. The Morgan fingerprint density at radius 1 is 1.03 bits per heavy atom. The van der Waals surface area contributed by atoms with Crippen LogP contribution < -0.4 is 5.32 Å². The average Bonchev–Trinajstić information content (AvgIpc) is 3.30. The molecule has 1 aromatic carbocycles. The molecular formula is C22H29N5O4. The van der Waals surface area contributed by atoms with Gasteiger partial charge in [0.1, 0.15) is 24.6 Å². The Hall–Kier alpha value is -2.59. The smallest absolute Gasteiger partial charge is 0.167 e. The fourth-order valence-corrected chi connectivity index (χ4v) is 3.91. The van der Waals surface area contributed by atoms with E-state index >= 15 is 0 Å². The summed E-state index contributed by atoms with van der Waals surface area (Å²) in [7, 11) is 0. The Morgan fingerprint density at radius 2 is 1.74 bits per heavy atom. The largest absolute Gasteiger partial charge is 0.394 e. The van der Waals surface area contributed by atoms with E-state index < -0.39 is 36.7 Å². The topological polar surface area (TPSA) is 126 Å². The van der Waals surface area contributed by atoms with Crippen LogP contribution in [0.2, 0.25) is 0 Å². The summed E-state index contributed by atoms with van der Waals surface area (Å²) < 4.78 is 7.19. The van der Waals surface area contributed by atoms with Crippen molar-refractivity contribution in [2.75, 3.05) is 11.9 Å². The van der Waals surface area contributed by atoms with E-state index in [2.05, 4.69) is 60.1 Å². The molecule has 3 aromatic rings. The molecule has 3 heterocycles. The van der Waals surface area contributed by atoms with Crippen LogP contribution in [0, 0.1) is 0 Å². The van der Waals surface area contributed by atoms with E-state index in [9.17, 15) is 15.3 Å². The zero-order valence-electron chi connectivity index (χ0n) is 18.1. The number of hydrogen-bond acceptors (Lipinski definition) is 8. The maximum Gasteiger partial charge on any atom is 0.167 e. The third-order valence-electron chi connectivity index (χ3n) is 6.64. The Kier molecular flexibility index (Phi) is 5.47. The molecule has 1 aliphatic rings. The molecule has 0 amide bonds. The van der Waals surface area contributed by atoms with Crippen molar-refractivity contribution in [3.05, 3.63) is 48.5 Å². The highest BCUT2D eigenvalue weighted by molar-refractivity contribution is 5.83. The number of ether oxygens (including phenoxy) is 1. The second-order valence-electron chi connectivity index (χ2n) is 9.02. The van der Waals surface area contributed by atoms with Crippen LogP contribution in [-0.2, 0) is 10.2 Å². The van der Waals surface area contributed by atoms with Gasteiger partial charge >= 0.3 is 0 Å². The van der Waals surface area contributed by atoms with Crippen molar-refractivity contribution in [2.45, 2.75) is 63.2 Å². The van der Waals surface area contributed by atoms with Crippen LogP contribution in [0.4, 0.5) is 5.82 Å². The predicted octanol–water partition coefficient (Wildman–Crippen LogP) is 1.61. The van der Waals surface area contributed by atoms with E-state index in [4.69, 9.17) is 4.74 Å². The van der Waals surface area contributed by atoms with E-state index in [1.807, 2.05) is 18.2 Å². The van der Waals surface area contributed by atoms with Gasteiger partial charge in [-0.25, -0.2) is 15.0 Å². The summed E-state index contributed by atoms with van der Waals surface area (Å²) in [5.74, 6) is 0.560. The fourth-order valence-electron chi connectivity index (χ4n) is 3.91. The predicted molar refractivity (Wildman–Crippen MR) is 116 cm³/mol.